The molecule has 3 aromatic rings. The van der Waals surface area contributed by atoms with Gasteiger partial charge in [0.2, 0.25) is 0 Å². The Morgan fingerprint density at radius 3 is 2.32 bits per heavy atom. The predicted molar refractivity (Wildman–Crippen MR) is 96.4 cm³/mol. The number of benzene rings is 2. The van der Waals surface area contributed by atoms with Gasteiger partial charge in [-0.1, -0.05) is 42.5 Å². The Balaban J connectivity index is 1.92. The van der Waals surface area contributed by atoms with Gasteiger partial charge in [-0.2, -0.15) is 13.2 Å². The number of hydrogen-bond donors (Lipinski definition) is 2. The largest absolute Gasteiger partial charge is 0.505 e. The van der Waals surface area contributed by atoms with Gasteiger partial charge in [0, 0.05) is 17.2 Å². The van der Waals surface area contributed by atoms with Crippen molar-refractivity contribution in [3.63, 3.8) is 0 Å². The number of carbonyl (C=O) groups is 1. The van der Waals surface area contributed by atoms with Crippen LogP contribution >= 0.6 is 0 Å². The first-order valence-electron chi connectivity index (χ1n) is 8.73. The van der Waals surface area contributed by atoms with E-state index >= 15 is 0 Å². The summed E-state index contributed by atoms with van der Waals surface area (Å²) in [5.74, 6) is -2.06. The molecule has 2 aromatic carbocycles. The van der Waals surface area contributed by atoms with Crippen molar-refractivity contribution in [2.45, 2.75) is 30.9 Å². The van der Waals surface area contributed by atoms with E-state index in [0.29, 0.717) is 0 Å². The SMILES string of the molecule is O=C(O)c1c(O)c(CC2(c3ccccc3)CC2)nc2c(C(F)(F)F)cccc12. The standard InChI is InChI=1S/C21H16F3NO3/c22-21(23,24)14-8-4-7-13-16(19(27)28)18(26)15(25-17(13)14)11-20(9-10-20)12-5-2-1-3-6-12/h1-8,26H,9-11H2,(H,27,28). The number of nitrogens with zero attached hydrogens (tertiary/aromatic N) is 1. The van der Waals surface area contributed by atoms with Gasteiger partial charge in [0.05, 0.1) is 16.8 Å². The molecule has 1 saturated carbocycles. The quantitative estimate of drug-likeness (QED) is 0.666. The summed E-state index contributed by atoms with van der Waals surface area (Å²) in [6.45, 7) is 0. The highest BCUT2D eigenvalue weighted by Gasteiger charge is 2.45. The number of carboxylic acids is 1. The molecule has 1 aliphatic rings. The minimum absolute atomic E-state index is 0.0250. The average molecular weight is 387 g/mol. The van der Waals surface area contributed by atoms with Crippen molar-refractivity contribution in [3.05, 3.63) is 70.9 Å². The summed E-state index contributed by atoms with van der Waals surface area (Å²) in [7, 11) is 0. The molecule has 7 heteroatoms. The molecule has 0 atom stereocenters. The summed E-state index contributed by atoms with van der Waals surface area (Å²) in [4.78, 5) is 15.8. The van der Waals surface area contributed by atoms with Crippen molar-refractivity contribution in [2.24, 2.45) is 0 Å². The van der Waals surface area contributed by atoms with Gasteiger partial charge < -0.3 is 10.2 Å². The summed E-state index contributed by atoms with van der Waals surface area (Å²) in [5, 5.41) is 19.9. The van der Waals surface area contributed by atoms with E-state index in [-0.39, 0.29) is 22.9 Å². The van der Waals surface area contributed by atoms with E-state index in [4.69, 9.17) is 0 Å². The number of aromatic nitrogens is 1. The first-order chi connectivity index (χ1) is 13.2. The molecule has 0 spiro atoms. The van der Waals surface area contributed by atoms with Crippen LogP contribution in [0.5, 0.6) is 5.75 Å². The van der Waals surface area contributed by atoms with Gasteiger partial charge in [0.15, 0.2) is 5.75 Å². The fourth-order valence-corrected chi connectivity index (χ4v) is 3.72. The molecule has 1 heterocycles. The second kappa shape index (κ2) is 6.22. The second-order valence-corrected chi connectivity index (χ2v) is 7.11. The van der Waals surface area contributed by atoms with Crippen LogP contribution in [0.3, 0.4) is 0 Å². The monoisotopic (exact) mass is 387 g/mol. The maximum atomic E-state index is 13.4. The molecule has 4 rings (SSSR count). The Morgan fingerprint density at radius 1 is 1.07 bits per heavy atom. The van der Waals surface area contributed by atoms with Gasteiger partial charge in [-0.05, 0) is 24.5 Å². The van der Waals surface area contributed by atoms with Crippen LogP contribution in [0.2, 0.25) is 0 Å². The topological polar surface area (TPSA) is 70.4 Å². The van der Waals surface area contributed by atoms with Crippen molar-refractivity contribution in [1.82, 2.24) is 4.98 Å². The van der Waals surface area contributed by atoms with E-state index in [2.05, 4.69) is 4.98 Å². The summed E-state index contributed by atoms with van der Waals surface area (Å²) in [5.41, 5.74) is -1.39. The Morgan fingerprint density at radius 2 is 1.75 bits per heavy atom. The maximum Gasteiger partial charge on any atom is 0.418 e. The lowest BCUT2D eigenvalue weighted by atomic mass is 9.89. The summed E-state index contributed by atoms with van der Waals surface area (Å²) >= 11 is 0. The summed E-state index contributed by atoms with van der Waals surface area (Å²) in [6.07, 6.45) is -2.93. The lowest BCUT2D eigenvalue weighted by Crippen LogP contribution is -2.15. The first kappa shape index (κ1) is 18.3. The number of hydrogen-bond acceptors (Lipinski definition) is 3. The molecule has 4 nitrogen and oxygen atoms in total. The third-order valence-electron chi connectivity index (χ3n) is 5.33. The van der Waals surface area contributed by atoms with Gasteiger partial charge in [0.25, 0.3) is 0 Å². The number of aromatic carboxylic acids is 1. The Hall–Kier alpha value is -3.09. The normalized spacial score (nSPS) is 15.5. The molecule has 1 aliphatic carbocycles. The molecule has 0 radical (unpaired) electrons. The third-order valence-corrected chi connectivity index (χ3v) is 5.33. The van der Waals surface area contributed by atoms with Crippen LogP contribution in [0, 0.1) is 0 Å². The predicted octanol–water partition coefficient (Wildman–Crippen LogP) is 4.93. The summed E-state index contributed by atoms with van der Waals surface area (Å²) < 4.78 is 40.3. The minimum Gasteiger partial charge on any atom is -0.505 e. The minimum atomic E-state index is -4.69. The molecule has 1 fully saturated rings. The van der Waals surface area contributed by atoms with Crippen LogP contribution in [0.25, 0.3) is 10.9 Å². The van der Waals surface area contributed by atoms with Crippen molar-refractivity contribution in [3.8, 4) is 5.75 Å². The van der Waals surface area contributed by atoms with Crippen LogP contribution < -0.4 is 0 Å². The third kappa shape index (κ3) is 2.96. The van der Waals surface area contributed by atoms with Crippen molar-refractivity contribution in [2.75, 3.05) is 0 Å². The summed E-state index contributed by atoms with van der Waals surface area (Å²) in [6, 6.07) is 12.7. The van der Waals surface area contributed by atoms with Gasteiger partial charge in [-0.3, -0.25) is 0 Å². The molecule has 2 N–H and O–H groups in total. The second-order valence-electron chi connectivity index (χ2n) is 7.11. The highest BCUT2D eigenvalue weighted by molar-refractivity contribution is 6.06. The van der Waals surface area contributed by atoms with E-state index in [1.54, 1.807) is 0 Å². The van der Waals surface area contributed by atoms with E-state index < -0.39 is 34.5 Å². The van der Waals surface area contributed by atoms with E-state index in [1.165, 1.54) is 6.07 Å². The molecular formula is C21H16F3NO3. The zero-order valence-corrected chi connectivity index (χ0v) is 14.6. The van der Waals surface area contributed by atoms with Crippen molar-refractivity contribution >= 4 is 16.9 Å². The fourth-order valence-electron chi connectivity index (χ4n) is 3.72. The number of para-hydroxylation sites is 1. The molecule has 0 unspecified atom stereocenters. The lowest BCUT2D eigenvalue weighted by Gasteiger charge is -2.19. The fraction of sp³-hybridized carbons (Fsp3) is 0.238. The molecular weight excluding hydrogens is 371 g/mol. The number of fused-ring (bicyclic) bond motifs is 1. The van der Waals surface area contributed by atoms with Crippen LogP contribution in [0.15, 0.2) is 48.5 Å². The van der Waals surface area contributed by atoms with Crippen LogP contribution in [0.4, 0.5) is 13.2 Å². The first-order valence-corrected chi connectivity index (χ1v) is 8.73. The van der Waals surface area contributed by atoms with Crippen LogP contribution in [-0.2, 0) is 18.0 Å². The van der Waals surface area contributed by atoms with Gasteiger partial charge in [-0.15, -0.1) is 0 Å². The lowest BCUT2D eigenvalue weighted by molar-refractivity contribution is -0.136. The smallest absolute Gasteiger partial charge is 0.418 e. The molecule has 0 aliphatic heterocycles. The molecule has 28 heavy (non-hydrogen) atoms. The maximum absolute atomic E-state index is 13.4. The number of alkyl halides is 3. The Labute approximate surface area is 158 Å². The molecule has 0 bridgehead atoms. The zero-order valence-electron chi connectivity index (χ0n) is 14.6. The highest BCUT2D eigenvalue weighted by Crippen LogP contribution is 2.51. The van der Waals surface area contributed by atoms with Crippen LogP contribution in [0.1, 0.15) is 40.0 Å². The van der Waals surface area contributed by atoms with Gasteiger partial charge >= 0.3 is 12.1 Å². The van der Waals surface area contributed by atoms with Gasteiger partial charge in [-0.25, -0.2) is 9.78 Å². The van der Waals surface area contributed by atoms with E-state index in [9.17, 15) is 28.2 Å². The Bertz CT molecular complexity index is 1070. The molecule has 144 valence electrons. The Kier molecular flexibility index (Phi) is 4.06. The molecule has 1 aromatic heterocycles. The van der Waals surface area contributed by atoms with Crippen molar-refractivity contribution in [1.29, 1.82) is 0 Å². The van der Waals surface area contributed by atoms with Gasteiger partial charge in [0.1, 0.15) is 5.56 Å². The number of aromatic hydroxyl groups is 1. The molecule has 0 amide bonds. The van der Waals surface area contributed by atoms with E-state index in [0.717, 1.165) is 30.5 Å². The van der Waals surface area contributed by atoms with E-state index in [1.807, 2.05) is 30.3 Å². The van der Waals surface area contributed by atoms with Crippen molar-refractivity contribution < 1.29 is 28.2 Å². The molecule has 0 saturated heterocycles. The number of rotatable bonds is 4. The highest BCUT2D eigenvalue weighted by atomic mass is 19.4. The number of halogens is 3. The average Bonchev–Trinajstić information content (AvgIpc) is 3.42. The number of pyridine rings is 1. The zero-order chi connectivity index (χ0) is 20.1. The number of carboxylic acid groups (broad SMARTS) is 1. The van der Waals surface area contributed by atoms with Crippen LogP contribution in [-0.4, -0.2) is 21.2 Å².